The molecule has 8 rings (SSSR count). The summed E-state index contributed by atoms with van der Waals surface area (Å²) in [7, 11) is 0. The molecule has 28 heteroatoms. The van der Waals surface area contributed by atoms with Crippen LogP contribution in [0.2, 0.25) is 0 Å². The maximum atomic E-state index is 14.2. The average Bonchev–Trinajstić information content (AvgIpc) is 0.841. The number of aryl methyl sites for hydroxylation is 2. The van der Waals surface area contributed by atoms with Crippen LogP contribution in [0.3, 0.4) is 0 Å². The van der Waals surface area contributed by atoms with Gasteiger partial charge in [0.1, 0.15) is 6.15 Å². The number of furan rings is 2. The number of rotatable bonds is 10. The van der Waals surface area contributed by atoms with Gasteiger partial charge in [-0.15, -0.1) is 0 Å². The lowest BCUT2D eigenvalue weighted by atomic mass is 9.12. The number of hydrogen-bond acceptors (Lipinski definition) is 2. The molecule has 84 heavy (non-hydrogen) atoms. The molecular weight excluding hydrogens is 1300 g/mol. The van der Waals surface area contributed by atoms with E-state index >= 15 is 0 Å². The smallest absolute Gasteiger partial charge is 0.426 e. The summed E-state index contributed by atoms with van der Waals surface area (Å²) in [4.78, 5) is 0. The molecule has 0 amide bonds. The Morgan fingerprint density at radius 1 is 0.298 bits per heavy atom. The van der Waals surface area contributed by atoms with E-state index in [1.165, 1.54) is 33.4 Å². The summed E-state index contributed by atoms with van der Waals surface area (Å²) in [5, 5.41) is 0. The van der Waals surface area contributed by atoms with Gasteiger partial charge in [0, 0.05) is 12.8 Å². The molecule has 448 valence electrons. The average molecular weight is 1330 g/mol. The van der Waals surface area contributed by atoms with Crippen LogP contribution in [-0.4, -0.2) is 6.15 Å². The number of hydrogen-bond donors (Lipinski definition) is 0. The minimum Gasteiger partial charge on any atom is -0.426 e. The lowest BCUT2D eigenvalue weighted by Gasteiger charge is -2.46. The molecule has 8 aromatic rings. The van der Waals surface area contributed by atoms with Gasteiger partial charge in [0.25, 0.3) is 0 Å². The summed E-state index contributed by atoms with van der Waals surface area (Å²) in [5.74, 6) is 0. The molecule has 2 aromatic heterocycles. The highest BCUT2D eigenvalue weighted by molar-refractivity contribution is 7.20. The predicted molar refractivity (Wildman–Crippen MR) is 253 cm³/mol. The summed E-state index contributed by atoms with van der Waals surface area (Å²) in [6.45, 7) is 4.23. The van der Waals surface area contributed by atoms with Crippen molar-refractivity contribution in [2.24, 2.45) is 0 Å². The van der Waals surface area contributed by atoms with Crippen LogP contribution in [0.5, 0.6) is 0 Å². The Bertz CT molecular complexity index is 3090. The van der Waals surface area contributed by atoms with Gasteiger partial charge in [-0.1, -0.05) is 108 Å². The Morgan fingerprint density at radius 2 is 0.500 bits per heavy atom. The standard InChI is InChI=1S/C32H12BF24.C24H22IO2/c34-25(35,36)13-1-14(26(37,38)39)6-21(5-13)33(22-7-15(27(40,41)42)2-16(8-22)28(43,44)45,23-9-17(29(46,47)48)3-18(10-23)30(49,50)51)24-11-19(31(52,53)54)4-20(12-24)32(55,56)57;1-17-3-7-19(8-4-17)15-21-11-13-26-23(21)25-24-22(12-14-27-24)16-20-9-5-18(2)6-10-20/h1-12H;3-14H,15-16H2,1-2H3/q-1;+1. The third-order valence-electron chi connectivity index (χ3n) is 13.0. The summed E-state index contributed by atoms with van der Waals surface area (Å²) in [6, 6.07) is 12.8. The summed E-state index contributed by atoms with van der Waals surface area (Å²) in [6.07, 6.45) is -49.4. The topological polar surface area (TPSA) is 26.3 Å². The van der Waals surface area contributed by atoms with Gasteiger partial charge < -0.3 is 8.83 Å². The largest absolute Gasteiger partial charge is 0.443 e. The molecule has 2 heterocycles. The highest BCUT2D eigenvalue weighted by Gasteiger charge is 2.47. The second-order valence-electron chi connectivity index (χ2n) is 19.1. The van der Waals surface area contributed by atoms with E-state index < -0.39 is 216 Å². The van der Waals surface area contributed by atoms with Crippen molar-refractivity contribution in [1.29, 1.82) is 0 Å². The zero-order valence-corrected chi connectivity index (χ0v) is 44.3. The van der Waals surface area contributed by atoms with E-state index in [0.29, 0.717) is 0 Å². The fourth-order valence-corrected chi connectivity index (χ4v) is 11.5. The number of halogens is 25. The first-order valence-electron chi connectivity index (χ1n) is 23.7. The summed E-state index contributed by atoms with van der Waals surface area (Å²) in [5.41, 5.74) is -22.5. The van der Waals surface area contributed by atoms with Gasteiger partial charge in [0.05, 0.1) is 68.2 Å². The van der Waals surface area contributed by atoms with Crippen LogP contribution in [0.4, 0.5) is 105 Å². The van der Waals surface area contributed by atoms with E-state index in [2.05, 4.69) is 74.5 Å². The van der Waals surface area contributed by atoms with Crippen LogP contribution in [0.15, 0.2) is 155 Å². The minimum atomic E-state index is -6.13. The third-order valence-corrected chi connectivity index (χ3v) is 15.9. The van der Waals surface area contributed by atoms with Crippen LogP contribution >= 0.6 is 0 Å². The fourth-order valence-electron chi connectivity index (χ4n) is 9.06. The molecule has 0 N–H and O–H groups in total. The molecule has 0 bridgehead atoms. The highest BCUT2D eigenvalue weighted by atomic mass is 127. The van der Waals surface area contributed by atoms with E-state index in [9.17, 15) is 105 Å². The van der Waals surface area contributed by atoms with Crippen molar-refractivity contribution in [2.45, 2.75) is 76.1 Å². The van der Waals surface area contributed by atoms with Gasteiger partial charge in [0.2, 0.25) is 0 Å². The zero-order chi connectivity index (χ0) is 62.6. The van der Waals surface area contributed by atoms with E-state index in [1.807, 2.05) is 0 Å². The van der Waals surface area contributed by atoms with Crippen LogP contribution < -0.4 is 43.1 Å². The molecular formula is C56H34BF24IO2. The first-order chi connectivity index (χ1) is 38.4. The summed E-state index contributed by atoms with van der Waals surface area (Å²) < 4.78 is 355. The lowest BCUT2D eigenvalue weighted by Crippen LogP contribution is -3.61. The monoisotopic (exact) mass is 1330 g/mol. The van der Waals surface area contributed by atoms with Crippen molar-refractivity contribution in [1.82, 2.24) is 0 Å². The van der Waals surface area contributed by atoms with Gasteiger partial charge in [-0.3, -0.25) is 0 Å². The highest BCUT2D eigenvalue weighted by Crippen LogP contribution is 2.41. The van der Waals surface area contributed by atoms with E-state index in [-0.39, 0.29) is 0 Å². The normalized spacial score (nSPS) is 13.3. The molecule has 0 aliphatic rings. The first kappa shape index (κ1) is 64.6. The van der Waals surface area contributed by atoms with Crippen molar-refractivity contribution in [2.75, 3.05) is 0 Å². The van der Waals surface area contributed by atoms with Crippen LogP contribution in [0.1, 0.15) is 77.9 Å². The molecule has 0 radical (unpaired) electrons. The van der Waals surface area contributed by atoms with Crippen molar-refractivity contribution in [3.63, 3.8) is 0 Å². The van der Waals surface area contributed by atoms with Gasteiger partial charge in [-0.25, -0.2) is 0 Å². The maximum absolute atomic E-state index is 14.2. The molecule has 2 nitrogen and oxygen atoms in total. The molecule has 0 aliphatic carbocycles. The molecule has 0 saturated heterocycles. The number of benzene rings is 6. The van der Waals surface area contributed by atoms with Crippen molar-refractivity contribution in [3.05, 3.63) is 231 Å². The third kappa shape index (κ3) is 15.1. The quantitative estimate of drug-likeness (QED) is 0.0775. The first-order valence-corrected chi connectivity index (χ1v) is 25.8. The Kier molecular flexibility index (Phi) is 17.8. The van der Waals surface area contributed by atoms with Gasteiger partial charge in [-0.2, -0.15) is 127 Å². The molecule has 6 aromatic carbocycles. The summed E-state index contributed by atoms with van der Waals surface area (Å²) >= 11 is -0.482. The Balaban J connectivity index is 0.000000309. The van der Waals surface area contributed by atoms with Gasteiger partial charge in [-0.05, 0) is 61.4 Å². The van der Waals surface area contributed by atoms with Crippen molar-refractivity contribution < 1.29 is 135 Å². The second-order valence-corrected chi connectivity index (χ2v) is 21.6. The second kappa shape index (κ2) is 23.1. The fraction of sp³-hybridized carbons (Fsp3) is 0.214. The van der Waals surface area contributed by atoms with E-state index in [0.717, 1.165) is 20.4 Å². The molecule has 0 spiro atoms. The molecule has 0 unspecified atom stereocenters. The Labute approximate surface area is 469 Å². The van der Waals surface area contributed by atoms with Crippen LogP contribution in [0.25, 0.3) is 0 Å². The number of alkyl halides is 24. The Hall–Kier alpha value is -7.01. The van der Waals surface area contributed by atoms with Crippen molar-refractivity contribution in [3.8, 4) is 0 Å². The predicted octanol–water partition coefficient (Wildman–Crippen LogP) is 14.0. The maximum Gasteiger partial charge on any atom is 0.443 e. The molecule has 0 atom stereocenters. The molecule has 0 aliphatic heterocycles. The molecule has 0 fully saturated rings. The molecule has 0 saturated carbocycles. The lowest BCUT2D eigenvalue weighted by molar-refractivity contribution is -0.637. The zero-order valence-electron chi connectivity index (χ0n) is 42.1. The van der Waals surface area contributed by atoms with Gasteiger partial charge >= 0.3 is 78.1 Å². The SMILES string of the molecule is Cc1ccc(Cc2ccoc2[I+]c2occc2Cc2ccc(C)cc2)cc1.FC(F)(F)c1cc([B-](c2cc(C(F)(F)F)cc(C(F)(F)F)c2)(c2cc(C(F)(F)F)cc(C(F)(F)F)c2)c2cc(C(F)(F)F)cc(C(F)(F)F)c2)cc(C(F)(F)F)c1. The van der Waals surface area contributed by atoms with Crippen molar-refractivity contribution >= 4 is 28.0 Å². The van der Waals surface area contributed by atoms with Crippen LogP contribution in [0, 0.1) is 21.4 Å². The van der Waals surface area contributed by atoms with E-state index in [4.69, 9.17) is 8.83 Å². The van der Waals surface area contributed by atoms with Gasteiger partial charge in [0.15, 0.2) is 0 Å². The minimum absolute atomic E-state index is 0.482. The Morgan fingerprint density at radius 3 is 0.690 bits per heavy atom. The van der Waals surface area contributed by atoms with E-state index in [1.54, 1.807) is 12.5 Å². The van der Waals surface area contributed by atoms with Crippen LogP contribution in [-0.2, 0) is 62.3 Å².